The van der Waals surface area contributed by atoms with E-state index in [0.717, 1.165) is 24.3 Å². The molecular weight excluding hydrogens is 262 g/mol. The Hall–Kier alpha value is -1.65. The van der Waals surface area contributed by atoms with Crippen LogP contribution in [0.5, 0.6) is 0 Å². The number of halogens is 2. The third-order valence-corrected chi connectivity index (χ3v) is 4.17. The van der Waals surface area contributed by atoms with Gasteiger partial charge in [0.25, 0.3) is 0 Å². The second-order valence-electron chi connectivity index (χ2n) is 5.67. The fraction of sp³-hybridized carbons (Fsp3) is 0.533. The van der Waals surface area contributed by atoms with Crippen molar-refractivity contribution in [3.05, 3.63) is 23.8 Å². The van der Waals surface area contributed by atoms with E-state index >= 15 is 0 Å². The number of anilines is 2. The monoisotopic (exact) mass is 280 g/mol. The summed E-state index contributed by atoms with van der Waals surface area (Å²) in [5.41, 5.74) is 3.06. The summed E-state index contributed by atoms with van der Waals surface area (Å²) >= 11 is 0. The molecule has 0 radical (unpaired) electrons. The second kappa shape index (κ2) is 5.04. The lowest BCUT2D eigenvalue weighted by Gasteiger charge is -2.27. The van der Waals surface area contributed by atoms with Crippen LogP contribution in [0.4, 0.5) is 20.2 Å². The molecule has 0 aromatic heterocycles. The second-order valence-corrected chi connectivity index (χ2v) is 5.67. The van der Waals surface area contributed by atoms with Gasteiger partial charge in [0.2, 0.25) is 11.8 Å². The number of benzene rings is 1. The highest BCUT2D eigenvalue weighted by atomic mass is 19.3. The number of alkyl halides is 2. The quantitative estimate of drug-likeness (QED) is 0.871. The SMILES string of the molecule is O=C(Nc1ccc2c(c1)CCN2)C1CCC(F)(F)CC1. The number of carbonyl (C=O) groups is 1. The standard InChI is InChI=1S/C15H18F2N2O/c16-15(17)6-3-10(4-7-15)14(20)19-12-1-2-13-11(9-12)5-8-18-13/h1-2,9-10,18H,3-8H2,(H,19,20). The zero-order valence-corrected chi connectivity index (χ0v) is 11.2. The van der Waals surface area contributed by atoms with Gasteiger partial charge in [-0.1, -0.05) is 0 Å². The molecule has 0 saturated heterocycles. The molecule has 1 aliphatic heterocycles. The summed E-state index contributed by atoms with van der Waals surface area (Å²) in [5.74, 6) is -3.01. The van der Waals surface area contributed by atoms with Crippen molar-refractivity contribution in [3.8, 4) is 0 Å². The first kappa shape index (κ1) is 13.3. The van der Waals surface area contributed by atoms with Crippen LogP contribution in [0.2, 0.25) is 0 Å². The summed E-state index contributed by atoms with van der Waals surface area (Å²) in [6.07, 6.45) is 1.13. The van der Waals surface area contributed by atoms with Crippen LogP contribution in [0.25, 0.3) is 0 Å². The predicted octanol–water partition coefficient (Wildman–Crippen LogP) is 3.42. The lowest BCUT2D eigenvalue weighted by molar-refractivity contribution is -0.124. The number of carbonyl (C=O) groups excluding carboxylic acids is 1. The molecule has 0 atom stereocenters. The topological polar surface area (TPSA) is 41.1 Å². The van der Waals surface area contributed by atoms with E-state index in [1.54, 1.807) is 0 Å². The summed E-state index contributed by atoms with van der Waals surface area (Å²) in [4.78, 5) is 12.1. The van der Waals surface area contributed by atoms with E-state index in [1.807, 2.05) is 18.2 Å². The van der Waals surface area contributed by atoms with Gasteiger partial charge in [-0.3, -0.25) is 4.79 Å². The van der Waals surface area contributed by atoms with Gasteiger partial charge in [-0.05, 0) is 43.0 Å². The van der Waals surface area contributed by atoms with E-state index in [4.69, 9.17) is 0 Å². The number of amides is 1. The van der Waals surface area contributed by atoms with E-state index in [2.05, 4.69) is 10.6 Å². The lowest BCUT2D eigenvalue weighted by atomic mass is 9.86. The van der Waals surface area contributed by atoms with Crippen molar-refractivity contribution in [1.29, 1.82) is 0 Å². The van der Waals surface area contributed by atoms with Gasteiger partial charge in [0.15, 0.2) is 0 Å². The molecule has 2 N–H and O–H groups in total. The Bertz CT molecular complexity index is 521. The number of rotatable bonds is 2. The maximum absolute atomic E-state index is 13.1. The highest BCUT2D eigenvalue weighted by Gasteiger charge is 2.37. The van der Waals surface area contributed by atoms with E-state index in [0.29, 0.717) is 0 Å². The fourth-order valence-corrected chi connectivity index (χ4v) is 2.93. The maximum Gasteiger partial charge on any atom is 0.248 e. The molecule has 1 amide bonds. The van der Waals surface area contributed by atoms with Crippen LogP contribution in [0, 0.1) is 5.92 Å². The zero-order valence-electron chi connectivity index (χ0n) is 11.2. The molecule has 1 aliphatic carbocycles. The molecule has 20 heavy (non-hydrogen) atoms. The van der Waals surface area contributed by atoms with Gasteiger partial charge in [-0.2, -0.15) is 0 Å². The lowest BCUT2D eigenvalue weighted by Crippen LogP contribution is -2.31. The predicted molar refractivity (Wildman–Crippen MR) is 74.2 cm³/mol. The highest BCUT2D eigenvalue weighted by molar-refractivity contribution is 5.93. The molecule has 1 aromatic rings. The molecule has 0 unspecified atom stereocenters. The maximum atomic E-state index is 13.1. The molecule has 1 heterocycles. The van der Waals surface area contributed by atoms with Crippen molar-refractivity contribution < 1.29 is 13.6 Å². The van der Waals surface area contributed by atoms with Crippen LogP contribution in [0.15, 0.2) is 18.2 Å². The molecule has 1 fully saturated rings. The number of nitrogens with one attached hydrogen (secondary N) is 2. The molecule has 0 spiro atoms. The van der Waals surface area contributed by atoms with Crippen LogP contribution in [0.3, 0.4) is 0 Å². The summed E-state index contributed by atoms with van der Waals surface area (Å²) in [6.45, 7) is 0.921. The first-order chi connectivity index (χ1) is 9.53. The molecule has 5 heteroatoms. The summed E-state index contributed by atoms with van der Waals surface area (Å²) in [7, 11) is 0. The van der Waals surface area contributed by atoms with Gasteiger partial charge in [0, 0.05) is 36.7 Å². The smallest absolute Gasteiger partial charge is 0.248 e. The molecule has 2 aliphatic rings. The number of hydrogen-bond acceptors (Lipinski definition) is 2. The van der Waals surface area contributed by atoms with Crippen molar-refractivity contribution in [2.45, 2.75) is 38.0 Å². The van der Waals surface area contributed by atoms with E-state index in [1.165, 1.54) is 5.56 Å². The molecule has 3 rings (SSSR count). The summed E-state index contributed by atoms with van der Waals surface area (Å²) in [6, 6.07) is 5.77. The van der Waals surface area contributed by atoms with Crippen molar-refractivity contribution in [2.24, 2.45) is 5.92 Å². The zero-order chi connectivity index (χ0) is 14.2. The normalized spacial score (nSPS) is 21.1. The van der Waals surface area contributed by atoms with Gasteiger partial charge in [0.05, 0.1) is 0 Å². The Kier molecular flexibility index (Phi) is 3.36. The third-order valence-electron chi connectivity index (χ3n) is 4.17. The molecule has 3 nitrogen and oxygen atoms in total. The van der Waals surface area contributed by atoms with Gasteiger partial charge in [-0.25, -0.2) is 8.78 Å². The Balaban J connectivity index is 1.62. The molecule has 0 bridgehead atoms. The van der Waals surface area contributed by atoms with Crippen molar-refractivity contribution in [1.82, 2.24) is 0 Å². The summed E-state index contributed by atoms with van der Waals surface area (Å²) < 4.78 is 26.2. The van der Waals surface area contributed by atoms with Crippen LogP contribution in [0.1, 0.15) is 31.2 Å². The minimum Gasteiger partial charge on any atom is -0.384 e. The van der Waals surface area contributed by atoms with E-state index in [9.17, 15) is 13.6 Å². The number of hydrogen-bond donors (Lipinski definition) is 2. The molecule has 1 aromatic carbocycles. The van der Waals surface area contributed by atoms with Crippen LogP contribution in [-0.4, -0.2) is 18.4 Å². The molecular formula is C15H18F2N2O. The Morgan fingerprint density at radius 3 is 2.80 bits per heavy atom. The number of fused-ring (bicyclic) bond motifs is 1. The summed E-state index contributed by atoms with van der Waals surface area (Å²) in [5, 5.41) is 6.11. The van der Waals surface area contributed by atoms with Crippen LogP contribution in [-0.2, 0) is 11.2 Å². The van der Waals surface area contributed by atoms with Crippen LogP contribution >= 0.6 is 0 Å². The Labute approximate surface area is 116 Å². The van der Waals surface area contributed by atoms with Crippen molar-refractivity contribution in [3.63, 3.8) is 0 Å². The van der Waals surface area contributed by atoms with Crippen molar-refractivity contribution in [2.75, 3.05) is 17.2 Å². The van der Waals surface area contributed by atoms with E-state index in [-0.39, 0.29) is 37.5 Å². The Morgan fingerprint density at radius 1 is 1.30 bits per heavy atom. The largest absolute Gasteiger partial charge is 0.384 e. The van der Waals surface area contributed by atoms with Gasteiger partial charge >= 0.3 is 0 Å². The average molecular weight is 280 g/mol. The van der Waals surface area contributed by atoms with E-state index < -0.39 is 5.92 Å². The fourth-order valence-electron chi connectivity index (χ4n) is 2.93. The minimum atomic E-state index is -2.59. The van der Waals surface area contributed by atoms with Gasteiger partial charge < -0.3 is 10.6 Å². The third kappa shape index (κ3) is 2.76. The van der Waals surface area contributed by atoms with Crippen LogP contribution < -0.4 is 10.6 Å². The molecule has 1 saturated carbocycles. The average Bonchev–Trinajstić information content (AvgIpc) is 2.86. The van der Waals surface area contributed by atoms with Gasteiger partial charge in [0.1, 0.15) is 0 Å². The molecule has 108 valence electrons. The first-order valence-electron chi connectivity index (χ1n) is 7.09. The minimum absolute atomic E-state index is 0.133. The Morgan fingerprint density at radius 2 is 2.05 bits per heavy atom. The van der Waals surface area contributed by atoms with Gasteiger partial charge in [-0.15, -0.1) is 0 Å². The highest BCUT2D eigenvalue weighted by Crippen LogP contribution is 2.36. The first-order valence-corrected chi connectivity index (χ1v) is 7.09. The van der Waals surface area contributed by atoms with Crippen molar-refractivity contribution >= 4 is 17.3 Å².